The minimum Gasteiger partial charge on any atom is -0.374 e. The van der Waals surface area contributed by atoms with Crippen molar-refractivity contribution in [1.29, 1.82) is 0 Å². The molecule has 2 aromatic rings. The van der Waals surface area contributed by atoms with Crippen molar-refractivity contribution in [3.8, 4) is 0 Å². The fourth-order valence-electron chi connectivity index (χ4n) is 2.83. The minimum atomic E-state index is -3.26. The number of hydrogen-bond acceptors (Lipinski definition) is 4. The molecule has 1 N–H and O–H groups in total. The average molecular weight is 344 g/mol. The van der Waals surface area contributed by atoms with E-state index in [1.807, 2.05) is 30.3 Å². The first-order chi connectivity index (χ1) is 11.5. The maximum atomic E-state index is 12.6. The van der Waals surface area contributed by atoms with E-state index in [0.717, 1.165) is 5.69 Å². The zero-order chi connectivity index (χ0) is 17.2. The van der Waals surface area contributed by atoms with E-state index >= 15 is 0 Å². The van der Waals surface area contributed by atoms with E-state index in [1.165, 1.54) is 0 Å². The summed E-state index contributed by atoms with van der Waals surface area (Å²) in [4.78, 5) is 14.6. The van der Waals surface area contributed by atoms with Crippen LogP contribution in [-0.2, 0) is 14.6 Å². The van der Waals surface area contributed by atoms with Crippen molar-refractivity contribution in [3.63, 3.8) is 0 Å². The number of hydrogen-bond donors (Lipinski definition) is 1. The molecule has 126 valence electrons. The van der Waals surface area contributed by atoms with Gasteiger partial charge in [-0.3, -0.25) is 4.79 Å². The first-order valence-electron chi connectivity index (χ1n) is 7.97. The Bertz CT molecular complexity index is 834. The first kappa shape index (κ1) is 16.5. The molecular weight excluding hydrogens is 324 g/mol. The predicted molar refractivity (Wildman–Crippen MR) is 95.0 cm³/mol. The number of carbonyl (C=O) groups excluding carboxylic acids is 1. The van der Waals surface area contributed by atoms with Gasteiger partial charge in [0, 0.05) is 17.9 Å². The van der Waals surface area contributed by atoms with Crippen molar-refractivity contribution in [3.05, 3.63) is 54.6 Å². The second-order valence-corrected chi connectivity index (χ2v) is 8.02. The Morgan fingerprint density at radius 2 is 1.88 bits per heavy atom. The van der Waals surface area contributed by atoms with Crippen molar-refractivity contribution in [2.45, 2.75) is 24.3 Å². The van der Waals surface area contributed by atoms with E-state index in [-0.39, 0.29) is 22.6 Å². The number of anilines is 2. The fraction of sp³-hybridized carbons (Fsp3) is 0.278. The van der Waals surface area contributed by atoms with E-state index in [2.05, 4.69) is 5.32 Å². The molecule has 3 rings (SSSR count). The number of amides is 1. The van der Waals surface area contributed by atoms with Crippen LogP contribution in [-0.4, -0.2) is 32.7 Å². The topological polar surface area (TPSA) is 66.5 Å². The van der Waals surface area contributed by atoms with Gasteiger partial charge in [0.15, 0.2) is 9.84 Å². The van der Waals surface area contributed by atoms with Crippen LogP contribution in [0.5, 0.6) is 0 Å². The summed E-state index contributed by atoms with van der Waals surface area (Å²) in [5.41, 5.74) is 1.53. The lowest BCUT2D eigenvalue weighted by molar-refractivity contribution is -0.117. The van der Waals surface area contributed by atoms with Gasteiger partial charge in [-0.25, -0.2) is 8.42 Å². The maximum absolute atomic E-state index is 12.6. The van der Waals surface area contributed by atoms with E-state index in [1.54, 1.807) is 36.1 Å². The predicted octanol–water partition coefficient (Wildman–Crippen LogP) is 2.70. The molecule has 6 heteroatoms. The Hall–Kier alpha value is -2.34. The van der Waals surface area contributed by atoms with Gasteiger partial charge in [-0.2, -0.15) is 0 Å². The highest BCUT2D eigenvalue weighted by Crippen LogP contribution is 2.24. The van der Waals surface area contributed by atoms with E-state index in [0.29, 0.717) is 18.7 Å². The summed E-state index contributed by atoms with van der Waals surface area (Å²) < 4.78 is 24.0. The SMILES string of the molecule is CCS(=O)(=O)c1cccc(N[C@@H]2CCN(c3ccccc3)C2=O)c1. The molecule has 1 heterocycles. The number of sulfone groups is 1. The van der Waals surface area contributed by atoms with Crippen LogP contribution in [0.2, 0.25) is 0 Å². The van der Waals surface area contributed by atoms with E-state index in [4.69, 9.17) is 0 Å². The van der Waals surface area contributed by atoms with E-state index < -0.39 is 9.84 Å². The Kier molecular flexibility index (Phi) is 4.57. The number of carbonyl (C=O) groups is 1. The summed E-state index contributed by atoms with van der Waals surface area (Å²) in [6, 6.07) is 15.9. The van der Waals surface area contributed by atoms with Gasteiger partial charge < -0.3 is 10.2 Å². The highest BCUT2D eigenvalue weighted by Gasteiger charge is 2.32. The maximum Gasteiger partial charge on any atom is 0.249 e. The smallest absolute Gasteiger partial charge is 0.249 e. The third-order valence-electron chi connectivity index (χ3n) is 4.19. The highest BCUT2D eigenvalue weighted by atomic mass is 32.2. The Labute approximate surface area is 142 Å². The fourth-order valence-corrected chi connectivity index (χ4v) is 3.75. The van der Waals surface area contributed by atoms with Gasteiger partial charge in [-0.1, -0.05) is 31.2 Å². The molecule has 1 amide bonds. The number of rotatable bonds is 5. The first-order valence-corrected chi connectivity index (χ1v) is 9.62. The Morgan fingerprint density at radius 1 is 1.12 bits per heavy atom. The molecule has 5 nitrogen and oxygen atoms in total. The number of nitrogens with one attached hydrogen (secondary N) is 1. The molecule has 1 aliphatic heterocycles. The molecule has 1 fully saturated rings. The van der Waals surface area contributed by atoms with Crippen molar-refractivity contribution in [2.24, 2.45) is 0 Å². The molecule has 0 spiro atoms. The lowest BCUT2D eigenvalue weighted by Crippen LogP contribution is -2.33. The molecule has 0 radical (unpaired) electrons. The number of para-hydroxylation sites is 1. The third-order valence-corrected chi connectivity index (χ3v) is 5.92. The molecule has 2 aromatic carbocycles. The van der Waals surface area contributed by atoms with Gasteiger partial charge in [0.25, 0.3) is 0 Å². The standard InChI is InChI=1S/C18H20N2O3S/c1-2-24(22,23)16-10-6-7-14(13-16)19-17-11-12-20(18(17)21)15-8-4-3-5-9-15/h3-10,13,17,19H,2,11-12H2,1H3/t17-/m1/s1. The minimum absolute atomic E-state index is 0.00458. The van der Waals surface area contributed by atoms with Crippen LogP contribution in [0.4, 0.5) is 11.4 Å². The molecule has 1 saturated heterocycles. The zero-order valence-electron chi connectivity index (χ0n) is 13.5. The summed E-state index contributed by atoms with van der Waals surface area (Å²) in [5.74, 6) is 0.0607. The Balaban J connectivity index is 1.76. The van der Waals surface area contributed by atoms with Gasteiger partial charge >= 0.3 is 0 Å². The second-order valence-electron chi connectivity index (χ2n) is 5.74. The summed E-state index contributed by atoms with van der Waals surface area (Å²) in [7, 11) is -3.26. The summed E-state index contributed by atoms with van der Waals surface area (Å²) in [5, 5.41) is 3.17. The lowest BCUT2D eigenvalue weighted by Gasteiger charge is -2.18. The van der Waals surface area contributed by atoms with Crippen LogP contribution in [0.25, 0.3) is 0 Å². The van der Waals surface area contributed by atoms with Crippen molar-refractivity contribution in [2.75, 3.05) is 22.5 Å². The van der Waals surface area contributed by atoms with Crippen molar-refractivity contribution >= 4 is 27.1 Å². The number of benzene rings is 2. The molecule has 1 atom stereocenters. The van der Waals surface area contributed by atoms with Crippen LogP contribution in [0, 0.1) is 0 Å². The monoisotopic (exact) mass is 344 g/mol. The van der Waals surface area contributed by atoms with Gasteiger partial charge in [-0.15, -0.1) is 0 Å². The van der Waals surface area contributed by atoms with Crippen LogP contribution in [0.3, 0.4) is 0 Å². The van der Waals surface area contributed by atoms with Crippen LogP contribution in [0.1, 0.15) is 13.3 Å². The highest BCUT2D eigenvalue weighted by molar-refractivity contribution is 7.91. The molecule has 0 aliphatic carbocycles. The molecule has 0 unspecified atom stereocenters. The molecule has 0 aromatic heterocycles. The van der Waals surface area contributed by atoms with Gasteiger partial charge in [-0.05, 0) is 36.8 Å². The van der Waals surface area contributed by atoms with Crippen molar-refractivity contribution in [1.82, 2.24) is 0 Å². The Morgan fingerprint density at radius 3 is 2.58 bits per heavy atom. The normalized spacial score (nSPS) is 18.0. The van der Waals surface area contributed by atoms with Crippen molar-refractivity contribution < 1.29 is 13.2 Å². The second kappa shape index (κ2) is 6.65. The molecule has 0 saturated carbocycles. The molecule has 0 bridgehead atoms. The molecular formula is C18H20N2O3S. The molecule has 1 aliphatic rings. The van der Waals surface area contributed by atoms with Gasteiger partial charge in [0.2, 0.25) is 5.91 Å². The van der Waals surface area contributed by atoms with Gasteiger partial charge in [0.1, 0.15) is 6.04 Å². The zero-order valence-corrected chi connectivity index (χ0v) is 14.3. The average Bonchev–Trinajstić information content (AvgIpc) is 2.96. The summed E-state index contributed by atoms with van der Waals surface area (Å²) in [6.45, 7) is 2.27. The summed E-state index contributed by atoms with van der Waals surface area (Å²) >= 11 is 0. The van der Waals surface area contributed by atoms with Crippen LogP contribution in [0.15, 0.2) is 59.5 Å². The van der Waals surface area contributed by atoms with Crippen LogP contribution >= 0.6 is 0 Å². The lowest BCUT2D eigenvalue weighted by atomic mass is 10.2. The van der Waals surface area contributed by atoms with E-state index in [9.17, 15) is 13.2 Å². The quantitative estimate of drug-likeness (QED) is 0.906. The molecule has 24 heavy (non-hydrogen) atoms. The van der Waals surface area contributed by atoms with Crippen LogP contribution < -0.4 is 10.2 Å². The largest absolute Gasteiger partial charge is 0.374 e. The van der Waals surface area contributed by atoms with Gasteiger partial charge in [0.05, 0.1) is 10.6 Å². The summed E-state index contributed by atoms with van der Waals surface area (Å²) in [6.07, 6.45) is 0.679. The third kappa shape index (κ3) is 3.28. The number of nitrogens with zero attached hydrogens (tertiary/aromatic N) is 1.